The minimum Gasteiger partial charge on any atom is -0.458 e. The predicted octanol–water partition coefficient (Wildman–Crippen LogP) is 3.45. The maximum atomic E-state index is 12.1. The standard InChI is InChI=1S/C15H18N2O4/c1-10(14(18)21-15(2,3)4)16-9-8-11-12(16)6-5-7-13(11)17(19)20/h5-10H,1-4H3. The number of nitro groups is 1. The summed E-state index contributed by atoms with van der Waals surface area (Å²) in [5.41, 5.74) is 0.102. The van der Waals surface area contributed by atoms with Gasteiger partial charge in [0.2, 0.25) is 0 Å². The minimum atomic E-state index is -0.569. The van der Waals surface area contributed by atoms with Crippen molar-refractivity contribution in [3.05, 3.63) is 40.6 Å². The van der Waals surface area contributed by atoms with Crippen molar-refractivity contribution in [2.45, 2.75) is 39.3 Å². The van der Waals surface area contributed by atoms with Crippen LogP contribution in [0.25, 0.3) is 10.9 Å². The van der Waals surface area contributed by atoms with Crippen molar-refractivity contribution < 1.29 is 14.5 Å². The van der Waals surface area contributed by atoms with Gasteiger partial charge in [-0.3, -0.25) is 10.1 Å². The maximum Gasteiger partial charge on any atom is 0.329 e. The molecule has 0 fully saturated rings. The van der Waals surface area contributed by atoms with Gasteiger partial charge in [0.05, 0.1) is 15.8 Å². The van der Waals surface area contributed by atoms with E-state index in [1.165, 1.54) is 6.07 Å². The normalized spacial score (nSPS) is 13.1. The van der Waals surface area contributed by atoms with Gasteiger partial charge in [-0.25, -0.2) is 4.79 Å². The van der Waals surface area contributed by atoms with Crippen LogP contribution in [0.3, 0.4) is 0 Å². The zero-order valence-corrected chi connectivity index (χ0v) is 12.5. The quantitative estimate of drug-likeness (QED) is 0.493. The number of fused-ring (bicyclic) bond motifs is 1. The number of aromatic nitrogens is 1. The average molecular weight is 290 g/mol. The third kappa shape index (κ3) is 3.04. The summed E-state index contributed by atoms with van der Waals surface area (Å²) in [5.74, 6) is -0.369. The van der Waals surface area contributed by atoms with Crippen LogP contribution in [0.2, 0.25) is 0 Å². The zero-order valence-electron chi connectivity index (χ0n) is 12.5. The highest BCUT2D eigenvalue weighted by Gasteiger charge is 2.24. The Labute approximate surface area is 122 Å². The molecule has 112 valence electrons. The number of ether oxygens (including phenoxy) is 1. The molecule has 0 saturated carbocycles. The van der Waals surface area contributed by atoms with Crippen molar-refractivity contribution in [2.24, 2.45) is 0 Å². The predicted molar refractivity (Wildman–Crippen MR) is 79.1 cm³/mol. The molecule has 1 unspecified atom stereocenters. The smallest absolute Gasteiger partial charge is 0.329 e. The summed E-state index contributed by atoms with van der Waals surface area (Å²) in [4.78, 5) is 22.7. The van der Waals surface area contributed by atoms with Crippen LogP contribution in [-0.2, 0) is 9.53 Å². The van der Waals surface area contributed by atoms with Gasteiger partial charge in [-0.05, 0) is 39.8 Å². The summed E-state index contributed by atoms with van der Waals surface area (Å²) in [7, 11) is 0. The molecule has 21 heavy (non-hydrogen) atoms. The third-order valence-electron chi connectivity index (χ3n) is 3.10. The lowest BCUT2D eigenvalue weighted by molar-refractivity contribution is -0.383. The van der Waals surface area contributed by atoms with Gasteiger partial charge in [0.25, 0.3) is 5.69 Å². The highest BCUT2D eigenvalue weighted by molar-refractivity contribution is 5.90. The van der Waals surface area contributed by atoms with Crippen LogP contribution in [-0.4, -0.2) is 21.1 Å². The van der Waals surface area contributed by atoms with Gasteiger partial charge in [0.1, 0.15) is 11.6 Å². The van der Waals surface area contributed by atoms with E-state index < -0.39 is 16.6 Å². The summed E-state index contributed by atoms with van der Waals surface area (Å²) < 4.78 is 7.05. The number of non-ortho nitro benzene ring substituents is 1. The molecule has 1 heterocycles. The molecule has 0 bridgehead atoms. The highest BCUT2D eigenvalue weighted by atomic mass is 16.6. The van der Waals surface area contributed by atoms with E-state index in [0.29, 0.717) is 10.9 Å². The number of esters is 1. The summed E-state index contributed by atoms with van der Waals surface area (Å²) >= 11 is 0. The lowest BCUT2D eigenvalue weighted by Gasteiger charge is -2.23. The maximum absolute atomic E-state index is 12.1. The highest BCUT2D eigenvalue weighted by Crippen LogP contribution is 2.29. The van der Waals surface area contributed by atoms with Crippen LogP contribution in [0.1, 0.15) is 33.7 Å². The molecule has 1 atom stereocenters. The van der Waals surface area contributed by atoms with Gasteiger partial charge >= 0.3 is 5.97 Å². The Bertz CT molecular complexity index is 697. The number of hydrogen-bond acceptors (Lipinski definition) is 4. The van der Waals surface area contributed by atoms with Crippen molar-refractivity contribution in [3.63, 3.8) is 0 Å². The Morgan fingerprint density at radius 2 is 2.00 bits per heavy atom. The molecule has 2 rings (SSSR count). The van der Waals surface area contributed by atoms with Gasteiger partial charge in [0, 0.05) is 12.3 Å². The van der Waals surface area contributed by atoms with Crippen LogP contribution >= 0.6 is 0 Å². The number of hydrogen-bond donors (Lipinski definition) is 0. The minimum absolute atomic E-state index is 0.0302. The first-order valence-electron chi connectivity index (χ1n) is 6.67. The van der Waals surface area contributed by atoms with Crippen LogP contribution in [0.5, 0.6) is 0 Å². The fourth-order valence-electron chi connectivity index (χ4n) is 2.17. The number of carbonyl (C=O) groups is 1. The van der Waals surface area contributed by atoms with Crippen molar-refractivity contribution in [1.82, 2.24) is 4.57 Å². The molecule has 6 nitrogen and oxygen atoms in total. The molecule has 0 spiro atoms. The third-order valence-corrected chi connectivity index (χ3v) is 3.10. The fourth-order valence-corrected chi connectivity index (χ4v) is 2.17. The van der Waals surface area contributed by atoms with Crippen molar-refractivity contribution in [3.8, 4) is 0 Å². The molecule has 1 aromatic carbocycles. The number of nitrogens with zero attached hydrogens (tertiary/aromatic N) is 2. The van der Waals surface area contributed by atoms with Crippen molar-refractivity contribution >= 4 is 22.6 Å². The first kappa shape index (κ1) is 15.0. The van der Waals surface area contributed by atoms with Crippen LogP contribution in [0.4, 0.5) is 5.69 Å². The van der Waals surface area contributed by atoms with Crippen molar-refractivity contribution in [1.29, 1.82) is 0 Å². The van der Waals surface area contributed by atoms with E-state index in [-0.39, 0.29) is 11.7 Å². The second kappa shape index (κ2) is 5.20. The molecule has 0 saturated heterocycles. The van der Waals surface area contributed by atoms with Crippen LogP contribution in [0, 0.1) is 10.1 Å². The molecule has 0 N–H and O–H groups in total. The fraction of sp³-hybridized carbons (Fsp3) is 0.400. The van der Waals surface area contributed by atoms with Gasteiger partial charge < -0.3 is 9.30 Å². The first-order chi connectivity index (χ1) is 9.70. The summed E-state index contributed by atoms with van der Waals surface area (Å²) in [6.07, 6.45) is 1.67. The van der Waals surface area contributed by atoms with Crippen molar-refractivity contribution in [2.75, 3.05) is 0 Å². The Kier molecular flexibility index (Phi) is 3.72. The molecule has 1 aromatic heterocycles. The number of rotatable bonds is 3. The molecule has 0 aliphatic carbocycles. The molecule has 0 aliphatic heterocycles. The Morgan fingerprint density at radius 3 is 2.57 bits per heavy atom. The van der Waals surface area contributed by atoms with E-state index >= 15 is 0 Å². The lowest BCUT2D eigenvalue weighted by atomic mass is 10.2. The Hall–Kier alpha value is -2.37. The number of benzene rings is 1. The summed E-state index contributed by atoms with van der Waals surface area (Å²) in [6.45, 7) is 7.12. The van der Waals surface area contributed by atoms with E-state index in [4.69, 9.17) is 4.74 Å². The van der Waals surface area contributed by atoms with E-state index in [0.717, 1.165) is 0 Å². The van der Waals surface area contributed by atoms with Gasteiger partial charge in [-0.1, -0.05) is 6.07 Å². The van der Waals surface area contributed by atoms with Gasteiger partial charge in [0.15, 0.2) is 0 Å². The van der Waals surface area contributed by atoms with E-state index in [9.17, 15) is 14.9 Å². The molecular weight excluding hydrogens is 272 g/mol. The van der Waals surface area contributed by atoms with E-state index in [2.05, 4.69) is 0 Å². The zero-order chi connectivity index (χ0) is 15.8. The molecule has 0 aliphatic rings. The molecule has 0 radical (unpaired) electrons. The van der Waals surface area contributed by atoms with E-state index in [1.54, 1.807) is 56.7 Å². The van der Waals surface area contributed by atoms with Gasteiger partial charge in [-0.2, -0.15) is 0 Å². The Morgan fingerprint density at radius 1 is 1.33 bits per heavy atom. The van der Waals surface area contributed by atoms with Crippen LogP contribution in [0.15, 0.2) is 30.5 Å². The number of nitro benzene ring substituents is 1. The second-order valence-corrected chi connectivity index (χ2v) is 5.90. The SMILES string of the molecule is CC(C(=O)OC(C)(C)C)n1ccc2c([N+](=O)[O-])cccc21. The molecule has 2 aromatic rings. The monoisotopic (exact) mass is 290 g/mol. The average Bonchev–Trinajstić information content (AvgIpc) is 2.78. The number of carbonyl (C=O) groups excluding carboxylic acids is 1. The lowest BCUT2D eigenvalue weighted by Crippen LogP contribution is -2.28. The second-order valence-electron chi connectivity index (χ2n) is 5.90. The first-order valence-corrected chi connectivity index (χ1v) is 6.67. The molecular formula is C15H18N2O4. The van der Waals surface area contributed by atoms with Crippen LogP contribution < -0.4 is 0 Å². The molecule has 0 amide bonds. The Balaban J connectivity index is 2.41. The van der Waals surface area contributed by atoms with Gasteiger partial charge in [-0.15, -0.1) is 0 Å². The summed E-state index contributed by atoms with van der Waals surface area (Å²) in [5, 5.41) is 11.5. The topological polar surface area (TPSA) is 74.4 Å². The van der Waals surface area contributed by atoms with E-state index in [1.807, 2.05) is 0 Å². The largest absolute Gasteiger partial charge is 0.458 e. The summed E-state index contributed by atoms with van der Waals surface area (Å²) in [6, 6.07) is 5.91. The molecule has 6 heteroatoms.